The molecule has 0 aliphatic carbocycles. The molecule has 1 atom stereocenters. The van der Waals surface area contributed by atoms with Gasteiger partial charge >= 0.3 is 0 Å². The second kappa shape index (κ2) is 4.76. The lowest BCUT2D eigenvalue weighted by molar-refractivity contribution is -0.122. The van der Waals surface area contributed by atoms with E-state index in [4.69, 9.17) is 4.52 Å². The third kappa shape index (κ3) is 2.45. The summed E-state index contributed by atoms with van der Waals surface area (Å²) >= 11 is 0. The highest BCUT2D eigenvalue weighted by Crippen LogP contribution is 2.25. The third-order valence-corrected chi connectivity index (χ3v) is 3.20. The van der Waals surface area contributed by atoms with Crippen LogP contribution in [0.25, 0.3) is 0 Å². The van der Waals surface area contributed by atoms with Gasteiger partial charge in [-0.25, -0.2) is 0 Å². The fraction of sp³-hybridized carbons (Fsp3) is 0.286. The van der Waals surface area contributed by atoms with Gasteiger partial charge in [-0.1, -0.05) is 23.4 Å². The van der Waals surface area contributed by atoms with Crippen LogP contribution in [-0.4, -0.2) is 17.1 Å². The average Bonchev–Trinajstić information content (AvgIpc) is 3.01. The van der Waals surface area contributed by atoms with Crippen LogP contribution < -0.4 is 10.6 Å². The second-order valence-electron chi connectivity index (χ2n) is 4.71. The Balaban J connectivity index is 1.58. The van der Waals surface area contributed by atoms with E-state index in [1.807, 2.05) is 37.3 Å². The van der Waals surface area contributed by atoms with Gasteiger partial charge in [0.2, 0.25) is 5.91 Å². The van der Waals surface area contributed by atoms with E-state index in [0.29, 0.717) is 12.3 Å². The Hall–Kier alpha value is -2.30. The van der Waals surface area contributed by atoms with E-state index in [2.05, 4.69) is 15.8 Å². The molecule has 2 heterocycles. The summed E-state index contributed by atoms with van der Waals surface area (Å²) in [6.07, 6.45) is 0.720. The predicted molar refractivity (Wildman–Crippen MR) is 70.6 cm³/mol. The van der Waals surface area contributed by atoms with Crippen LogP contribution in [0.3, 0.4) is 0 Å². The highest BCUT2D eigenvalue weighted by molar-refractivity contribution is 5.87. The number of carbonyl (C=O) groups is 1. The molecule has 0 radical (unpaired) electrons. The summed E-state index contributed by atoms with van der Waals surface area (Å²) in [4.78, 5) is 12.1. The minimum absolute atomic E-state index is 0.0229. The minimum Gasteiger partial charge on any atom is -0.373 e. The van der Waals surface area contributed by atoms with E-state index in [9.17, 15) is 4.79 Å². The van der Waals surface area contributed by atoms with Crippen molar-refractivity contribution >= 4 is 11.6 Å². The van der Waals surface area contributed by atoms with Crippen molar-refractivity contribution in [3.05, 3.63) is 47.3 Å². The van der Waals surface area contributed by atoms with Gasteiger partial charge in [-0.15, -0.1) is 0 Å². The Morgan fingerprint density at radius 1 is 1.53 bits per heavy atom. The molecule has 0 spiro atoms. The second-order valence-corrected chi connectivity index (χ2v) is 4.71. The monoisotopic (exact) mass is 257 g/mol. The highest BCUT2D eigenvalue weighted by atomic mass is 16.5. The Bertz CT molecular complexity index is 581. The van der Waals surface area contributed by atoms with Crippen molar-refractivity contribution in [1.29, 1.82) is 0 Å². The fourth-order valence-electron chi connectivity index (χ4n) is 2.25. The largest absolute Gasteiger partial charge is 0.373 e. The lowest BCUT2D eigenvalue weighted by atomic mass is 10.1. The Kier molecular flexibility index (Phi) is 2.95. The van der Waals surface area contributed by atoms with E-state index in [1.165, 1.54) is 5.56 Å². The zero-order valence-electron chi connectivity index (χ0n) is 10.6. The Morgan fingerprint density at radius 3 is 3.11 bits per heavy atom. The first-order chi connectivity index (χ1) is 9.22. The molecular formula is C14H15N3O2. The Morgan fingerprint density at radius 2 is 2.37 bits per heavy atom. The molecule has 0 bridgehead atoms. The van der Waals surface area contributed by atoms with Crippen LogP contribution in [0.1, 0.15) is 17.0 Å². The molecule has 19 heavy (non-hydrogen) atoms. The average molecular weight is 257 g/mol. The van der Waals surface area contributed by atoms with Crippen molar-refractivity contribution in [3.63, 3.8) is 0 Å². The van der Waals surface area contributed by atoms with Crippen molar-refractivity contribution < 1.29 is 9.32 Å². The van der Waals surface area contributed by atoms with Gasteiger partial charge in [0.15, 0.2) is 5.76 Å². The summed E-state index contributed by atoms with van der Waals surface area (Å²) in [5.74, 6) is 0.645. The maximum Gasteiger partial charge on any atom is 0.243 e. The highest BCUT2D eigenvalue weighted by Gasteiger charge is 2.26. The topological polar surface area (TPSA) is 67.2 Å². The number of amides is 1. The normalized spacial score (nSPS) is 16.8. The number of anilines is 1. The summed E-state index contributed by atoms with van der Waals surface area (Å²) in [5.41, 5.74) is 3.03. The molecule has 0 saturated carbocycles. The first-order valence-electron chi connectivity index (χ1n) is 6.27. The number of hydrogen-bond acceptors (Lipinski definition) is 4. The molecule has 0 saturated heterocycles. The number of hydrogen-bond donors (Lipinski definition) is 2. The van der Waals surface area contributed by atoms with Gasteiger partial charge < -0.3 is 15.2 Å². The molecule has 5 nitrogen and oxygen atoms in total. The molecule has 0 fully saturated rings. The zero-order valence-corrected chi connectivity index (χ0v) is 10.6. The number of benzene rings is 1. The predicted octanol–water partition coefficient (Wildman–Crippen LogP) is 1.64. The Labute approximate surface area is 111 Å². The molecule has 2 aromatic rings. The van der Waals surface area contributed by atoms with Crippen LogP contribution in [0.15, 0.2) is 34.9 Å². The minimum atomic E-state index is -0.207. The fourth-order valence-corrected chi connectivity index (χ4v) is 2.25. The molecule has 1 aliphatic rings. The van der Waals surface area contributed by atoms with Gasteiger partial charge in [0.25, 0.3) is 0 Å². The van der Waals surface area contributed by atoms with Crippen LogP contribution in [0.4, 0.5) is 5.69 Å². The number of aromatic nitrogens is 1. The third-order valence-electron chi connectivity index (χ3n) is 3.20. The van der Waals surface area contributed by atoms with Crippen LogP contribution in [0.5, 0.6) is 0 Å². The lowest BCUT2D eigenvalue weighted by Crippen LogP contribution is -2.37. The van der Waals surface area contributed by atoms with Gasteiger partial charge in [0.1, 0.15) is 6.04 Å². The van der Waals surface area contributed by atoms with Gasteiger partial charge in [-0.05, 0) is 18.6 Å². The first kappa shape index (κ1) is 11.8. The number of aryl methyl sites for hydroxylation is 1. The molecule has 1 amide bonds. The summed E-state index contributed by atoms with van der Waals surface area (Å²) in [6, 6.07) is 9.58. The van der Waals surface area contributed by atoms with Gasteiger partial charge in [0, 0.05) is 18.2 Å². The number of carbonyl (C=O) groups excluding carboxylic acids is 1. The van der Waals surface area contributed by atoms with Crippen molar-refractivity contribution in [2.45, 2.75) is 25.9 Å². The molecule has 1 aliphatic heterocycles. The van der Waals surface area contributed by atoms with Gasteiger partial charge in [-0.2, -0.15) is 0 Å². The maximum absolute atomic E-state index is 12.1. The SMILES string of the molecule is Cc1cc(CNC(=O)C2Cc3ccccc3N2)on1. The van der Waals surface area contributed by atoms with Gasteiger partial charge in [0.05, 0.1) is 12.2 Å². The smallest absolute Gasteiger partial charge is 0.243 e. The van der Waals surface area contributed by atoms with Crippen LogP contribution in [0.2, 0.25) is 0 Å². The zero-order chi connectivity index (χ0) is 13.2. The van der Waals surface area contributed by atoms with Crippen molar-refractivity contribution in [2.75, 3.05) is 5.32 Å². The number of nitrogens with zero attached hydrogens (tertiary/aromatic N) is 1. The summed E-state index contributed by atoms with van der Waals surface area (Å²) in [5, 5.41) is 9.85. The van der Waals surface area contributed by atoms with E-state index < -0.39 is 0 Å². The summed E-state index contributed by atoms with van der Waals surface area (Å²) in [6.45, 7) is 2.22. The molecular weight excluding hydrogens is 242 g/mol. The molecule has 98 valence electrons. The molecule has 2 N–H and O–H groups in total. The van der Waals surface area contributed by atoms with E-state index >= 15 is 0 Å². The lowest BCUT2D eigenvalue weighted by Gasteiger charge is -2.10. The molecule has 3 rings (SSSR count). The van der Waals surface area contributed by atoms with E-state index in [0.717, 1.165) is 17.8 Å². The first-order valence-corrected chi connectivity index (χ1v) is 6.27. The quantitative estimate of drug-likeness (QED) is 0.877. The number of fused-ring (bicyclic) bond motifs is 1. The summed E-state index contributed by atoms with van der Waals surface area (Å²) < 4.78 is 5.05. The maximum atomic E-state index is 12.1. The van der Waals surface area contributed by atoms with Crippen molar-refractivity contribution in [3.8, 4) is 0 Å². The molecule has 1 aromatic carbocycles. The molecule has 5 heteroatoms. The van der Waals surface area contributed by atoms with E-state index in [1.54, 1.807) is 0 Å². The molecule has 1 unspecified atom stereocenters. The number of nitrogens with one attached hydrogen (secondary N) is 2. The standard InChI is InChI=1S/C14H15N3O2/c1-9-6-11(19-17-9)8-15-14(18)13-7-10-4-2-3-5-12(10)16-13/h2-6,13,16H,7-8H2,1H3,(H,15,18). The van der Waals surface area contributed by atoms with Crippen molar-refractivity contribution in [2.24, 2.45) is 0 Å². The van der Waals surface area contributed by atoms with Crippen LogP contribution in [0, 0.1) is 6.92 Å². The van der Waals surface area contributed by atoms with E-state index in [-0.39, 0.29) is 11.9 Å². The number of rotatable bonds is 3. The van der Waals surface area contributed by atoms with Crippen molar-refractivity contribution in [1.82, 2.24) is 10.5 Å². The van der Waals surface area contributed by atoms with Gasteiger partial charge in [-0.3, -0.25) is 4.79 Å². The van der Waals surface area contributed by atoms with Crippen LogP contribution in [-0.2, 0) is 17.8 Å². The van der Waals surface area contributed by atoms with Crippen LogP contribution >= 0.6 is 0 Å². The molecule has 1 aromatic heterocycles. The summed E-state index contributed by atoms with van der Waals surface area (Å²) in [7, 11) is 0. The number of para-hydroxylation sites is 1.